The predicted molar refractivity (Wildman–Crippen MR) is 66.4 cm³/mol. The fourth-order valence-electron chi connectivity index (χ4n) is 1.44. The zero-order valence-corrected chi connectivity index (χ0v) is 10.1. The zero-order chi connectivity index (χ0) is 14.4. The molecule has 1 amide bonds. The maximum absolute atomic E-state index is 11.6. The maximum Gasteiger partial charge on any atom is 0.328 e. The van der Waals surface area contributed by atoms with E-state index in [2.05, 4.69) is 5.32 Å². The molecule has 1 aromatic rings. The molecule has 0 aliphatic rings. The molecule has 19 heavy (non-hydrogen) atoms. The molecule has 0 radical (unpaired) electrons. The van der Waals surface area contributed by atoms with E-state index in [4.69, 9.17) is 21.1 Å². The first-order chi connectivity index (χ1) is 8.93. The number of hydrogen-bond acceptors (Lipinski definition) is 5. The number of nitrogens with one attached hydrogen (secondary N) is 1. The Hall–Kier alpha value is -2.12. The first kappa shape index (κ1) is 14.9. The number of rotatable bonds is 6. The molecule has 2 atom stereocenters. The van der Waals surface area contributed by atoms with E-state index >= 15 is 0 Å². The molecule has 0 aliphatic heterocycles. The molecule has 0 fully saturated rings. The van der Waals surface area contributed by atoms with Crippen molar-refractivity contribution in [3.8, 4) is 5.75 Å². The minimum atomic E-state index is -1.36. The molecule has 0 saturated heterocycles. The number of carboxylic acid groups (broad SMARTS) is 1. The summed E-state index contributed by atoms with van der Waals surface area (Å²) in [7, 11) is 0. The van der Waals surface area contributed by atoms with Crippen molar-refractivity contribution in [3.05, 3.63) is 29.8 Å². The highest BCUT2D eigenvalue weighted by atomic mass is 16.4. The highest BCUT2D eigenvalue weighted by molar-refractivity contribution is 5.87. The first-order valence-corrected chi connectivity index (χ1v) is 5.61. The summed E-state index contributed by atoms with van der Waals surface area (Å²) in [4.78, 5) is 22.3. The van der Waals surface area contributed by atoms with Crippen LogP contribution in [0.4, 0.5) is 0 Å². The number of aromatic hydroxyl groups is 1. The first-order valence-electron chi connectivity index (χ1n) is 5.61. The van der Waals surface area contributed by atoms with Crippen molar-refractivity contribution in [1.82, 2.24) is 5.32 Å². The van der Waals surface area contributed by atoms with E-state index in [0.29, 0.717) is 0 Å². The molecule has 0 bridgehead atoms. The van der Waals surface area contributed by atoms with Gasteiger partial charge >= 0.3 is 5.97 Å². The fourth-order valence-corrected chi connectivity index (χ4v) is 1.44. The Labute approximate surface area is 109 Å². The summed E-state index contributed by atoms with van der Waals surface area (Å²) >= 11 is 0. The molecule has 104 valence electrons. The van der Waals surface area contributed by atoms with E-state index in [0.717, 1.165) is 5.56 Å². The SMILES string of the molecule is NC(Cc1ccc(O)cc1)C(=O)N[C@H](CO)C(=O)O. The van der Waals surface area contributed by atoms with Crippen molar-refractivity contribution in [2.24, 2.45) is 5.73 Å². The number of phenolic OH excluding ortho intramolecular Hbond substituents is 1. The molecule has 0 heterocycles. The molecule has 7 heteroatoms. The van der Waals surface area contributed by atoms with Gasteiger partial charge in [0.05, 0.1) is 12.6 Å². The van der Waals surface area contributed by atoms with Gasteiger partial charge in [-0.3, -0.25) is 4.79 Å². The average molecular weight is 268 g/mol. The molecule has 0 spiro atoms. The van der Waals surface area contributed by atoms with Crippen molar-refractivity contribution in [2.75, 3.05) is 6.61 Å². The second kappa shape index (κ2) is 6.72. The number of phenols is 1. The number of nitrogens with two attached hydrogens (primary N) is 1. The topological polar surface area (TPSA) is 133 Å². The van der Waals surface area contributed by atoms with Crippen molar-refractivity contribution < 1.29 is 24.9 Å². The van der Waals surface area contributed by atoms with E-state index in [9.17, 15) is 9.59 Å². The molecule has 6 N–H and O–H groups in total. The third-order valence-corrected chi connectivity index (χ3v) is 2.53. The monoisotopic (exact) mass is 268 g/mol. The number of carbonyl (C=O) groups excluding carboxylic acids is 1. The average Bonchev–Trinajstić information content (AvgIpc) is 2.37. The lowest BCUT2D eigenvalue weighted by molar-refractivity contribution is -0.143. The summed E-state index contributed by atoms with van der Waals surface area (Å²) in [5.74, 6) is -1.88. The van der Waals surface area contributed by atoms with Crippen LogP contribution in [0, 0.1) is 0 Å². The Balaban J connectivity index is 2.57. The van der Waals surface area contributed by atoms with Gasteiger partial charge in [0.2, 0.25) is 5.91 Å². The molecule has 1 unspecified atom stereocenters. The van der Waals surface area contributed by atoms with Crippen molar-refractivity contribution >= 4 is 11.9 Å². The van der Waals surface area contributed by atoms with Crippen LogP contribution >= 0.6 is 0 Å². The summed E-state index contributed by atoms with van der Waals surface area (Å²) in [6, 6.07) is 3.87. The fraction of sp³-hybridized carbons (Fsp3) is 0.333. The number of hydrogen-bond donors (Lipinski definition) is 5. The summed E-state index contributed by atoms with van der Waals surface area (Å²) in [6.07, 6.45) is 0.198. The molecular weight excluding hydrogens is 252 g/mol. The van der Waals surface area contributed by atoms with Crippen molar-refractivity contribution in [2.45, 2.75) is 18.5 Å². The molecule has 0 aliphatic carbocycles. The maximum atomic E-state index is 11.6. The van der Waals surface area contributed by atoms with Gasteiger partial charge in [-0.25, -0.2) is 4.79 Å². The largest absolute Gasteiger partial charge is 0.508 e. The van der Waals surface area contributed by atoms with Gasteiger partial charge in [0, 0.05) is 0 Å². The summed E-state index contributed by atoms with van der Waals surface area (Å²) in [6.45, 7) is -0.701. The van der Waals surface area contributed by atoms with Crippen LogP contribution in [0.15, 0.2) is 24.3 Å². The molecule has 0 aromatic heterocycles. The van der Waals surface area contributed by atoms with E-state index in [1.54, 1.807) is 12.1 Å². The van der Waals surface area contributed by atoms with Gasteiger partial charge in [0.15, 0.2) is 0 Å². The van der Waals surface area contributed by atoms with Gasteiger partial charge in [-0.15, -0.1) is 0 Å². The van der Waals surface area contributed by atoms with Gasteiger partial charge in [-0.2, -0.15) is 0 Å². The third kappa shape index (κ3) is 4.57. The molecule has 7 nitrogen and oxygen atoms in total. The minimum absolute atomic E-state index is 0.105. The van der Waals surface area contributed by atoms with Crippen LogP contribution < -0.4 is 11.1 Å². The van der Waals surface area contributed by atoms with Crippen LogP contribution in [0.5, 0.6) is 5.75 Å². The van der Waals surface area contributed by atoms with E-state index in [-0.39, 0.29) is 12.2 Å². The van der Waals surface area contributed by atoms with Gasteiger partial charge < -0.3 is 26.4 Å². The number of carboxylic acids is 1. The Kier molecular flexibility index (Phi) is 5.28. The Morgan fingerprint density at radius 3 is 2.32 bits per heavy atom. The van der Waals surface area contributed by atoms with Crippen LogP contribution in [0.3, 0.4) is 0 Å². The van der Waals surface area contributed by atoms with E-state index in [1.807, 2.05) is 0 Å². The third-order valence-electron chi connectivity index (χ3n) is 2.53. The van der Waals surface area contributed by atoms with Crippen LogP contribution in [0.1, 0.15) is 5.56 Å². The van der Waals surface area contributed by atoms with E-state index < -0.39 is 30.6 Å². The van der Waals surface area contributed by atoms with Gasteiger partial charge in [-0.05, 0) is 24.1 Å². The molecule has 1 aromatic carbocycles. The van der Waals surface area contributed by atoms with Crippen LogP contribution in [0.25, 0.3) is 0 Å². The summed E-state index contributed by atoms with van der Waals surface area (Å²) < 4.78 is 0. The number of carbonyl (C=O) groups is 2. The second-order valence-corrected chi connectivity index (χ2v) is 4.06. The molecule has 0 saturated carbocycles. The number of aliphatic hydroxyl groups is 1. The van der Waals surface area contributed by atoms with Crippen LogP contribution in [-0.2, 0) is 16.0 Å². The molecular formula is C12H16N2O5. The number of aliphatic hydroxyl groups excluding tert-OH is 1. The predicted octanol–water partition coefficient (Wildman–Crippen LogP) is -1.18. The number of amides is 1. The van der Waals surface area contributed by atoms with Crippen LogP contribution in [0.2, 0.25) is 0 Å². The summed E-state index contributed by atoms with van der Waals surface area (Å²) in [5, 5.41) is 28.7. The number of aliphatic carboxylic acids is 1. The Morgan fingerprint density at radius 1 is 1.26 bits per heavy atom. The minimum Gasteiger partial charge on any atom is -0.508 e. The Bertz CT molecular complexity index is 446. The lowest BCUT2D eigenvalue weighted by atomic mass is 10.1. The van der Waals surface area contributed by atoms with Gasteiger partial charge in [0.25, 0.3) is 0 Å². The second-order valence-electron chi connectivity index (χ2n) is 4.06. The smallest absolute Gasteiger partial charge is 0.328 e. The van der Waals surface area contributed by atoms with E-state index in [1.165, 1.54) is 12.1 Å². The lowest BCUT2D eigenvalue weighted by Gasteiger charge is -2.16. The van der Waals surface area contributed by atoms with Gasteiger partial charge in [0.1, 0.15) is 11.8 Å². The highest BCUT2D eigenvalue weighted by Crippen LogP contribution is 2.10. The standard InChI is InChI=1S/C12H16N2O5/c13-9(5-7-1-3-8(16)4-2-7)11(17)14-10(6-15)12(18)19/h1-4,9-10,15-16H,5-6,13H2,(H,14,17)(H,18,19)/t9?,10-/m1/s1. The Morgan fingerprint density at radius 2 is 1.84 bits per heavy atom. The van der Waals surface area contributed by atoms with Gasteiger partial charge in [-0.1, -0.05) is 12.1 Å². The van der Waals surface area contributed by atoms with Crippen molar-refractivity contribution in [3.63, 3.8) is 0 Å². The number of benzene rings is 1. The normalized spacial score (nSPS) is 13.6. The summed E-state index contributed by atoms with van der Waals surface area (Å²) in [5.41, 5.74) is 6.37. The highest BCUT2D eigenvalue weighted by Gasteiger charge is 2.22. The quantitative estimate of drug-likeness (QED) is 0.441. The zero-order valence-electron chi connectivity index (χ0n) is 10.1. The van der Waals surface area contributed by atoms with Crippen molar-refractivity contribution in [1.29, 1.82) is 0 Å². The lowest BCUT2D eigenvalue weighted by Crippen LogP contribution is -2.50. The van der Waals surface area contributed by atoms with Crippen LogP contribution in [-0.4, -0.2) is 45.9 Å². The molecule has 1 rings (SSSR count).